The fourth-order valence-electron chi connectivity index (χ4n) is 3.71. The van der Waals surface area contributed by atoms with Crippen molar-refractivity contribution < 1.29 is 4.79 Å². The summed E-state index contributed by atoms with van der Waals surface area (Å²) in [4.78, 5) is 19.2. The standard InChI is InChI=1S/C26H29N3O/c1-18-10-12-21(13-11-18)16-19(2)27-26-25(23-14-15-23)28-24(17-29(26)20(3)30)22-8-6-4-5-7-9-22/h4-6,8-13,17,23,28H,7,14-16H2,1-3H3. The molecule has 1 fully saturated rings. The Morgan fingerprint density at radius 2 is 1.93 bits per heavy atom. The molecule has 0 spiro atoms. The van der Waals surface area contributed by atoms with E-state index in [1.807, 2.05) is 19.2 Å². The Bertz CT molecular complexity index is 1010. The Labute approximate surface area is 179 Å². The summed E-state index contributed by atoms with van der Waals surface area (Å²) < 4.78 is 0. The molecule has 0 bridgehead atoms. The Morgan fingerprint density at radius 3 is 2.63 bits per heavy atom. The second-order valence-corrected chi connectivity index (χ2v) is 8.26. The lowest BCUT2D eigenvalue weighted by Crippen LogP contribution is -2.34. The van der Waals surface area contributed by atoms with Gasteiger partial charge in [-0.05, 0) is 44.2 Å². The van der Waals surface area contributed by atoms with Crippen molar-refractivity contribution >= 4 is 11.6 Å². The van der Waals surface area contributed by atoms with Gasteiger partial charge in [0.1, 0.15) is 0 Å². The molecule has 4 heteroatoms. The van der Waals surface area contributed by atoms with Gasteiger partial charge < -0.3 is 5.32 Å². The van der Waals surface area contributed by atoms with E-state index in [0.717, 1.165) is 54.2 Å². The van der Waals surface area contributed by atoms with Crippen LogP contribution in [0.25, 0.3) is 0 Å². The number of amides is 1. The number of rotatable bonds is 5. The zero-order valence-corrected chi connectivity index (χ0v) is 18.0. The third-order valence-electron chi connectivity index (χ3n) is 5.51. The van der Waals surface area contributed by atoms with Crippen LogP contribution in [-0.2, 0) is 11.2 Å². The minimum absolute atomic E-state index is 0.0228. The molecule has 0 saturated heterocycles. The number of benzene rings is 1. The SMILES string of the molecule is CC(=O)N1C=C(C2=CCC=CC=C2)NC(C2CC2)=C1N=C(C)Cc1ccc(C)cc1. The van der Waals surface area contributed by atoms with Gasteiger partial charge in [0.05, 0.1) is 11.4 Å². The molecule has 1 saturated carbocycles. The summed E-state index contributed by atoms with van der Waals surface area (Å²) >= 11 is 0. The van der Waals surface area contributed by atoms with E-state index in [1.165, 1.54) is 11.1 Å². The normalized spacial score (nSPS) is 19.3. The van der Waals surface area contributed by atoms with Crippen molar-refractivity contribution in [2.75, 3.05) is 0 Å². The van der Waals surface area contributed by atoms with Crippen molar-refractivity contribution in [1.82, 2.24) is 10.2 Å². The predicted octanol–water partition coefficient (Wildman–Crippen LogP) is 5.31. The van der Waals surface area contributed by atoms with Crippen molar-refractivity contribution in [2.45, 2.75) is 46.5 Å². The number of carbonyl (C=O) groups is 1. The van der Waals surface area contributed by atoms with Crippen molar-refractivity contribution in [2.24, 2.45) is 10.9 Å². The van der Waals surface area contributed by atoms with E-state index >= 15 is 0 Å². The van der Waals surface area contributed by atoms with Gasteiger partial charge in [0.25, 0.3) is 0 Å². The van der Waals surface area contributed by atoms with E-state index in [0.29, 0.717) is 5.92 Å². The molecule has 0 unspecified atom stereocenters. The highest BCUT2D eigenvalue weighted by Gasteiger charge is 2.34. The number of carbonyl (C=O) groups excluding carboxylic acids is 1. The van der Waals surface area contributed by atoms with E-state index < -0.39 is 0 Å². The fourth-order valence-corrected chi connectivity index (χ4v) is 3.71. The number of hydrogen-bond acceptors (Lipinski definition) is 3. The number of nitrogens with one attached hydrogen (secondary N) is 1. The number of aliphatic imine (C=N–C) groups is 1. The van der Waals surface area contributed by atoms with Crippen LogP contribution in [0.1, 0.15) is 44.2 Å². The molecular weight excluding hydrogens is 370 g/mol. The molecule has 1 amide bonds. The molecule has 4 rings (SSSR count). The molecule has 1 heterocycles. The van der Waals surface area contributed by atoms with Gasteiger partial charge in [0.15, 0.2) is 5.82 Å². The van der Waals surface area contributed by atoms with Crippen LogP contribution in [0, 0.1) is 12.8 Å². The summed E-state index contributed by atoms with van der Waals surface area (Å²) in [6, 6.07) is 8.53. The molecule has 1 aromatic rings. The first-order valence-electron chi connectivity index (χ1n) is 10.7. The summed E-state index contributed by atoms with van der Waals surface area (Å²) in [6.45, 7) is 5.74. The topological polar surface area (TPSA) is 44.7 Å². The zero-order valence-electron chi connectivity index (χ0n) is 18.0. The van der Waals surface area contributed by atoms with Crippen LogP contribution >= 0.6 is 0 Å². The van der Waals surface area contributed by atoms with E-state index in [9.17, 15) is 4.79 Å². The maximum Gasteiger partial charge on any atom is 0.229 e. The highest BCUT2D eigenvalue weighted by Crippen LogP contribution is 2.40. The van der Waals surface area contributed by atoms with Crippen LogP contribution in [0.4, 0.5) is 0 Å². The average molecular weight is 400 g/mol. The lowest BCUT2D eigenvalue weighted by molar-refractivity contribution is -0.125. The molecule has 30 heavy (non-hydrogen) atoms. The molecule has 0 aromatic heterocycles. The maximum atomic E-state index is 12.6. The maximum absolute atomic E-state index is 12.6. The van der Waals surface area contributed by atoms with Gasteiger partial charge in [-0.1, -0.05) is 60.2 Å². The first kappa shape index (κ1) is 20.1. The monoisotopic (exact) mass is 399 g/mol. The van der Waals surface area contributed by atoms with Gasteiger partial charge in [-0.3, -0.25) is 9.69 Å². The summed E-state index contributed by atoms with van der Waals surface area (Å²) in [7, 11) is 0. The van der Waals surface area contributed by atoms with E-state index in [-0.39, 0.29) is 5.91 Å². The number of aryl methyl sites for hydroxylation is 1. The lowest BCUT2D eigenvalue weighted by atomic mass is 10.1. The third kappa shape index (κ3) is 4.70. The van der Waals surface area contributed by atoms with E-state index in [4.69, 9.17) is 4.99 Å². The van der Waals surface area contributed by atoms with Gasteiger partial charge in [-0.15, -0.1) is 0 Å². The smallest absolute Gasteiger partial charge is 0.229 e. The van der Waals surface area contributed by atoms with Crippen LogP contribution in [-0.4, -0.2) is 16.5 Å². The van der Waals surface area contributed by atoms with Gasteiger partial charge >= 0.3 is 0 Å². The summed E-state index contributed by atoms with van der Waals surface area (Å²) in [5.74, 6) is 1.16. The molecule has 1 aliphatic heterocycles. The highest BCUT2D eigenvalue weighted by molar-refractivity contribution is 5.86. The Kier molecular flexibility index (Phi) is 5.84. The van der Waals surface area contributed by atoms with Gasteiger partial charge in [-0.25, -0.2) is 4.99 Å². The van der Waals surface area contributed by atoms with Gasteiger partial charge in [0, 0.05) is 31.2 Å². The van der Waals surface area contributed by atoms with Crippen LogP contribution in [0.5, 0.6) is 0 Å². The van der Waals surface area contributed by atoms with Crippen LogP contribution in [0.2, 0.25) is 0 Å². The lowest BCUT2D eigenvalue weighted by Gasteiger charge is -2.29. The molecule has 2 aliphatic carbocycles. The second kappa shape index (κ2) is 8.70. The quantitative estimate of drug-likeness (QED) is 0.682. The predicted molar refractivity (Wildman–Crippen MR) is 122 cm³/mol. The summed E-state index contributed by atoms with van der Waals surface area (Å²) in [5.41, 5.74) is 6.60. The van der Waals surface area contributed by atoms with Crippen molar-refractivity contribution in [3.8, 4) is 0 Å². The van der Waals surface area contributed by atoms with Gasteiger partial charge in [0.2, 0.25) is 5.91 Å². The Hall–Kier alpha value is -3.14. The summed E-state index contributed by atoms with van der Waals surface area (Å²) in [5, 5.41) is 3.62. The zero-order chi connectivity index (χ0) is 21.1. The minimum Gasteiger partial charge on any atom is -0.354 e. The molecule has 1 N–H and O–H groups in total. The van der Waals surface area contributed by atoms with Crippen LogP contribution < -0.4 is 5.32 Å². The van der Waals surface area contributed by atoms with Crippen molar-refractivity contribution in [3.63, 3.8) is 0 Å². The number of allylic oxidation sites excluding steroid dienone is 6. The molecular formula is C26H29N3O. The molecule has 0 radical (unpaired) electrons. The molecule has 3 aliphatic rings. The largest absolute Gasteiger partial charge is 0.354 e. The van der Waals surface area contributed by atoms with E-state index in [1.54, 1.807) is 11.8 Å². The molecule has 1 aromatic carbocycles. The number of nitrogens with zero attached hydrogens (tertiary/aromatic N) is 2. The highest BCUT2D eigenvalue weighted by atomic mass is 16.2. The average Bonchev–Trinajstić information content (AvgIpc) is 3.57. The Morgan fingerprint density at radius 1 is 1.17 bits per heavy atom. The van der Waals surface area contributed by atoms with Crippen LogP contribution in [0.3, 0.4) is 0 Å². The Balaban J connectivity index is 1.66. The number of hydrogen-bond donors (Lipinski definition) is 1. The van der Waals surface area contributed by atoms with E-state index in [2.05, 4.69) is 60.8 Å². The third-order valence-corrected chi connectivity index (χ3v) is 5.51. The molecule has 154 valence electrons. The van der Waals surface area contributed by atoms with Gasteiger partial charge in [-0.2, -0.15) is 0 Å². The van der Waals surface area contributed by atoms with Crippen molar-refractivity contribution in [1.29, 1.82) is 0 Å². The minimum atomic E-state index is -0.0228. The fraction of sp³-hybridized carbons (Fsp3) is 0.308. The first-order valence-corrected chi connectivity index (χ1v) is 10.7. The van der Waals surface area contributed by atoms with Crippen LogP contribution in [0.15, 0.2) is 88.6 Å². The molecule has 0 atom stereocenters. The van der Waals surface area contributed by atoms with Crippen molar-refractivity contribution in [3.05, 3.63) is 94.8 Å². The second-order valence-electron chi connectivity index (χ2n) is 8.26. The first-order chi connectivity index (χ1) is 14.5. The molecule has 4 nitrogen and oxygen atoms in total. The summed E-state index contributed by atoms with van der Waals surface area (Å²) in [6.07, 6.45) is 16.3.